The van der Waals surface area contributed by atoms with Crippen LogP contribution >= 0.6 is 0 Å². The number of amidine groups is 1. The van der Waals surface area contributed by atoms with Crippen molar-refractivity contribution in [3.05, 3.63) is 23.8 Å². The van der Waals surface area contributed by atoms with Gasteiger partial charge in [0.05, 0.1) is 32.9 Å². The molecule has 2 heterocycles. The number of nitrogens with zero attached hydrogens (tertiary/aromatic N) is 1. The van der Waals surface area contributed by atoms with Crippen molar-refractivity contribution < 1.29 is 28.6 Å². The first-order valence-corrected chi connectivity index (χ1v) is 8.56. The molecule has 136 valence electrons. The van der Waals surface area contributed by atoms with Crippen LogP contribution in [-0.2, 0) is 9.47 Å². The van der Waals surface area contributed by atoms with E-state index in [0.717, 1.165) is 32.8 Å². The summed E-state index contributed by atoms with van der Waals surface area (Å²) >= 11 is 0. The number of aliphatic imine (C=N–C) groups is 1. The highest BCUT2D eigenvalue weighted by molar-refractivity contribution is 6.04. The number of benzene rings is 1. The summed E-state index contributed by atoms with van der Waals surface area (Å²) in [5.41, 5.74) is 0.468. The first kappa shape index (κ1) is 17.5. The van der Waals surface area contributed by atoms with Crippen molar-refractivity contribution in [3.8, 4) is 11.5 Å². The number of amides is 1. The van der Waals surface area contributed by atoms with Gasteiger partial charge in [-0.3, -0.25) is 10.1 Å². The highest BCUT2D eigenvalue weighted by Gasteiger charge is 2.18. The molecule has 2 aliphatic rings. The molecule has 2 N–H and O–H groups in total. The van der Waals surface area contributed by atoms with Crippen molar-refractivity contribution >= 4 is 11.9 Å². The minimum Gasteiger partial charge on any atom is -0.465 e. The average molecular weight is 350 g/mol. The number of morpholine rings is 1. The zero-order chi connectivity index (χ0) is 17.5. The second-order valence-electron chi connectivity index (χ2n) is 5.75. The van der Waals surface area contributed by atoms with Crippen LogP contribution < -0.4 is 19.7 Å². The van der Waals surface area contributed by atoms with Gasteiger partial charge in [0, 0.05) is 5.56 Å². The average Bonchev–Trinajstić information content (AvgIpc) is 3.10. The molecule has 0 radical (unpaired) electrons. The third-order valence-corrected chi connectivity index (χ3v) is 4.06. The molecule has 8 heteroatoms. The molecule has 1 fully saturated rings. The normalized spacial score (nSPS) is 17.4. The lowest BCUT2D eigenvalue weighted by atomic mass is 10.2. The lowest BCUT2D eigenvalue weighted by Crippen LogP contribution is -3.14. The Bertz CT molecular complexity index is 629. The zero-order valence-electron chi connectivity index (χ0n) is 14.4. The van der Waals surface area contributed by atoms with Gasteiger partial charge in [-0.05, 0) is 25.1 Å². The maximum atomic E-state index is 12.4. The molecule has 0 unspecified atom stereocenters. The quantitative estimate of drug-likeness (QED) is 0.550. The summed E-state index contributed by atoms with van der Waals surface area (Å²) in [5.74, 6) is 0.923. The van der Waals surface area contributed by atoms with Gasteiger partial charge < -0.3 is 23.8 Å². The number of ether oxygens (including phenoxy) is 4. The van der Waals surface area contributed by atoms with Gasteiger partial charge in [-0.15, -0.1) is 0 Å². The monoisotopic (exact) mass is 350 g/mol. The van der Waals surface area contributed by atoms with Gasteiger partial charge in [0.15, 0.2) is 11.5 Å². The standard InChI is InChI=1S/C17H23N3O5/c1-2-23-17(18-5-6-20-7-9-22-10-8-20)19-16(21)13-3-4-14-15(11-13)25-12-24-14/h3-4,11H,2,5-10,12H2,1H3,(H,18,19,21)/p+1. The number of carbonyl (C=O) groups is 1. The second kappa shape index (κ2) is 8.68. The van der Waals surface area contributed by atoms with E-state index in [9.17, 15) is 4.79 Å². The first-order chi connectivity index (χ1) is 12.3. The van der Waals surface area contributed by atoms with Gasteiger partial charge in [-0.25, -0.2) is 4.99 Å². The van der Waals surface area contributed by atoms with E-state index in [1.54, 1.807) is 18.2 Å². The van der Waals surface area contributed by atoms with Gasteiger partial charge in [0.2, 0.25) is 6.79 Å². The fourth-order valence-electron chi connectivity index (χ4n) is 2.69. The highest BCUT2D eigenvalue weighted by atomic mass is 16.7. The maximum Gasteiger partial charge on any atom is 0.291 e. The molecule has 0 aliphatic carbocycles. The van der Waals surface area contributed by atoms with Crippen LogP contribution in [0, 0.1) is 0 Å². The number of carbonyl (C=O) groups excluding carboxylic acids is 1. The number of hydrogen-bond donors (Lipinski definition) is 2. The molecule has 8 nitrogen and oxygen atoms in total. The summed E-state index contributed by atoms with van der Waals surface area (Å²) in [4.78, 5) is 18.2. The summed E-state index contributed by atoms with van der Waals surface area (Å²) in [6.45, 7) is 7.50. The number of rotatable bonds is 5. The third-order valence-electron chi connectivity index (χ3n) is 4.06. The molecule has 1 aromatic carbocycles. The number of hydrogen-bond acceptors (Lipinski definition) is 6. The maximum absolute atomic E-state index is 12.4. The van der Waals surface area contributed by atoms with Crippen LogP contribution in [0.15, 0.2) is 23.2 Å². The molecule has 1 amide bonds. The molecule has 0 aromatic heterocycles. The van der Waals surface area contributed by atoms with E-state index in [2.05, 4.69) is 10.3 Å². The van der Waals surface area contributed by atoms with Crippen molar-refractivity contribution in [2.24, 2.45) is 4.99 Å². The van der Waals surface area contributed by atoms with E-state index in [-0.39, 0.29) is 18.7 Å². The largest absolute Gasteiger partial charge is 0.465 e. The van der Waals surface area contributed by atoms with E-state index in [4.69, 9.17) is 18.9 Å². The molecule has 3 rings (SSSR count). The number of fused-ring (bicyclic) bond motifs is 1. The Labute approximate surface area is 146 Å². The summed E-state index contributed by atoms with van der Waals surface area (Å²) in [6.07, 6.45) is 0. The van der Waals surface area contributed by atoms with Gasteiger partial charge in [0.1, 0.15) is 13.1 Å². The topological polar surface area (TPSA) is 82.8 Å². The van der Waals surface area contributed by atoms with E-state index in [0.29, 0.717) is 30.2 Å². The van der Waals surface area contributed by atoms with Crippen molar-refractivity contribution in [2.45, 2.75) is 6.92 Å². The lowest BCUT2D eigenvalue weighted by Gasteiger charge is -2.23. The smallest absolute Gasteiger partial charge is 0.291 e. The number of quaternary nitrogens is 1. The van der Waals surface area contributed by atoms with Crippen LogP contribution in [0.4, 0.5) is 0 Å². The Hall–Kier alpha value is -2.32. The fraction of sp³-hybridized carbons (Fsp3) is 0.529. The Balaban J connectivity index is 1.56. The van der Waals surface area contributed by atoms with E-state index in [1.807, 2.05) is 6.92 Å². The van der Waals surface area contributed by atoms with E-state index >= 15 is 0 Å². The van der Waals surface area contributed by atoms with E-state index < -0.39 is 0 Å². The summed E-state index contributed by atoms with van der Waals surface area (Å²) < 4.78 is 21.3. The molecule has 0 atom stereocenters. The van der Waals surface area contributed by atoms with Crippen LogP contribution in [0.5, 0.6) is 11.5 Å². The van der Waals surface area contributed by atoms with Gasteiger partial charge in [-0.1, -0.05) is 0 Å². The molecule has 1 saturated heterocycles. The first-order valence-electron chi connectivity index (χ1n) is 8.56. The second-order valence-corrected chi connectivity index (χ2v) is 5.75. The van der Waals surface area contributed by atoms with Crippen LogP contribution in [0.1, 0.15) is 17.3 Å². The Kier molecular flexibility index (Phi) is 6.08. The molecule has 25 heavy (non-hydrogen) atoms. The minimum atomic E-state index is -0.288. The summed E-state index contributed by atoms with van der Waals surface area (Å²) in [5, 5.41) is 2.72. The Morgan fingerprint density at radius 3 is 2.88 bits per heavy atom. The predicted octanol–water partition coefficient (Wildman–Crippen LogP) is -0.547. The molecular formula is C17H24N3O5+. The van der Waals surface area contributed by atoms with Crippen molar-refractivity contribution in [2.75, 3.05) is 52.8 Å². The molecule has 1 aromatic rings. The van der Waals surface area contributed by atoms with Gasteiger partial charge >= 0.3 is 0 Å². The molecule has 0 bridgehead atoms. The molecule has 0 spiro atoms. The highest BCUT2D eigenvalue weighted by Crippen LogP contribution is 2.32. The number of nitrogens with one attached hydrogen (secondary N) is 2. The fourth-order valence-corrected chi connectivity index (χ4v) is 2.69. The molecule has 0 saturated carbocycles. The van der Waals surface area contributed by atoms with Gasteiger partial charge in [-0.2, -0.15) is 0 Å². The molecule has 2 aliphatic heterocycles. The Morgan fingerprint density at radius 2 is 2.08 bits per heavy atom. The van der Waals surface area contributed by atoms with Gasteiger partial charge in [0.25, 0.3) is 11.9 Å². The lowest BCUT2D eigenvalue weighted by molar-refractivity contribution is -0.906. The van der Waals surface area contributed by atoms with Crippen molar-refractivity contribution in [1.29, 1.82) is 0 Å². The van der Waals surface area contributed by atoms with E-state index in [1.165, 1.54) is 4.90 Å². The SMILES string of the molecule is CCOC(=NCC[NH+]1CCOCC1)NC(=O)c1ccc2c(c1)OCO2. The predicted molar refractivity (Wildman–Crippen MR) is 90.3 cm³/mol. The summed E-state index contributed by atoms with van der Waals surface area (Å²) in [6, 6.07) is 5.30. The summed E-state index contributed by atoms with van der Waals surface area (Å²) in [7, 11) is 0. The molecular weight excluding hydrogens is 326 g/mol. The van der Waals surface area contributed by atoms with Crippen LogP contribution in [0.2, 0.25) is 0 Å². The van der Waals surface area contributed by atoms with Crippen molar-refractivity contribution in [1.82, 2.24) is 5.32 Å². The zero-order valence-corrected chi connectivity index (χ0v) is 14.4. The van der Waals surface area contributed by atoms with Crippen LogP contribution in [0.25, 0.3) is 0 Å². The van der Waals surface area contributed by atoms with Crippen LogP contribution in [-0.4, -0.2) is 64.7 Å². The third kappa shape index (κ3) is 4.83. The van der Waals surface area contributed by atoms with Crippen LogP contribution in [0.3, 0.4) is 0 Å². The Morgan fingerprint density at radius 1 is 1.28 bits per heavy atom. The minimum absolute atomic E-state index is 0.177. The van der Waals surface area contributed by atoms with Crippen molar-refractivity contribution in [3.63, 3.8) is 0 Å².